The Morgan fingerprint density at radius 2 is 1.81 bits per heavy atom. The zero-order valence-corrected chi connectivity index (χ0v) is 18.9. The molecule has 1 fully saturated rings. The van der Waals surface area contributed by atoms with E-state index >= 15 is 0 Å². The fourth-order valence-corrected chi connectivity index (χ4v) is 4.09. The molecule has 0 unspecified atom stereocenters. The summed E-state index contributed by atoms with van der Waals surface area (Å²) >= 11 is 2.17. The lowest BCUT2D eigenvalue weighted by atomic mass is 10.1. The number of carbonyl (C=O) groups excluding carboxylic acids is 2. The van der Waals surface area contributed by atoms with Crippen molar-refractivity contribution in [2.75, 3.05) is 11.8 Å². The molecule has 3 aromatic carbocycles. The maximum atomic E-state index is 12.7. The second kappa shape index (κ2) is 8.54. The molecule has 2 heterocycles. The maximum absolute atomic E-state index is 12.7. The van der Waals surface area contributed by atoms with Crippen molar-refractivity contribution in [2.24, 2.45) is 0 Å². The smallest absolute Gasteiger partial charge is 0.282 e. The van der Waals surface area contributed by atoms with Crippen LogP contribution in [-0.2, 0) is 16.2 Å². The van der Waals surface area contributed by atoms with Gasteiger partial charge in [0.15, 0.2) is 11.5 Å². The summed E-state index contributed by atoms with van der Waals surface area (Å²) < 4.78 is 17.5. The number of hydrogen-bond acceptors (Lipinski definition) is 5. The van der Waals surface area contributed by atoms with Crippen molar-refractivity contribution < 1.29 is 23.8 Å². The van der Waals surface area contributed by atoms with Gasteiger partial charge in [0.2, 0.25) is 6.79 Å². The minimum absolute atomic E-state index is 0.0821. The van der Waals surface area contributed by atoms with E-state index in [1.165, 1.54) is 5.01 Å². The van der Waals surface area contributed by atoms with Crippen molar-refractivity contribution >= 4 is 46.2 Å². The summed E-state index contributed by atoms with van der Waals surface area (Å²) in [5.41, 5.74) is 4.99. The number of nitrogens with one attached hydrogen (secondary N) is 1. The van der Waals surface area contributed by atoms with Crippen LogP contribution in [0.5, 0.6) is 17.2 Å². The summed E-state index contributed by atoms with van der Waals surface area (Å²) in [4.78, 5) is 25.1. The number of fused-ring (bicyclic) bond motifs is 1. The van der Waals surface area contributed by atoms with Crippen LogP contribution in [0.25, 0.3) is 6.08 Å². The molecular formula is C24H17IN2O5. The van der Waals surface area contributed by atoms with Gasteiger partial charge >= 0.3 is 0 Å². The molecule has 3 aromatic rings. The first kappa shape index (κ1) is 20.4. The number of hydrogen-bond donors (Lipinski definition) is 1. The minimum Gasteiger partial charge on any atom is -0.488 e. The molecule has 0 bridgehead atoms. The van der Waals surface area contributed by atoms with Crippen LogP contribution < -0.4 is 24.6 Å². The van der Waals surface area contributed by atoms with Crippen LogP contribution in [0.4, 0.5) is 5.69 Å². The summed E-state index contributed by atoms with van der Waals surface area (Å²) in [6.07, 6.45) is 1.59. The van der Waals surface area contributed by atoms with Gasteiger partial charge in [-0.15, -0.1) is 0 Å². The van der Waals surface area contributed by atoms with Crippen LogP contribution in [0.1, 0.15) is 11.1 Å². The Hall–Kier alpha value is -3.53. The Balaban J connectivity index is 1.30. The highest BCUT2D eigenvalue weighted by Gasteiger charge is 2.34. The Kier molecular flexibility index (Phi) is 5.44. The highest BCUT2D eigenvalue weighted by atomic mass is 127. The van der Waals surface area contributed by atoms with Gasteiger partial charge in [-0.2, -0.15) is 0 Å². The number of hydrazine groups is 1. The molecule has 8 heteroatoms. The van der Waals surface area contributed by atoms with Gasteiger partial charge in [0.1, 0.15) is 17.9 Å². The van der Waals surface area contributed by atoms with Gasteiger partial charge in [-0.1, -0.05) is 30.3 Å². The van der Waals surface area contributed by atoms with Crippen molar-refractivity contribution in [3.05, 3.63) is 87.0 Å². The first-order valence-electron chi connectivity index (χ1n) is 9.81. The number of nitrogens with zero attached hydrogens (tertiary/aromatic N) is 1. The molecule has 160 valence electrons. The number of amides is 2. The van der Waals surface area contributed by atoms with Crippen molar-refractivity contribution in [3.63, 3.8) is 0 Å². The number of para-hydroxylation sites is 1. The van der Waals surface area contributed by atoms with Crippen molar-refractivity contribution in [2.45, 2.75) is 6.61 Å². The number of halogens is 1. The van der Waals surface area contributed by atoms with Gasteiger partial charge in [0.05, 0.1) is 9.26 Å². The van der Waals surface area contributed by atoms with E-state index in [1.54, 1.807) is 30.3 Å². The molecule has 0 radical (unpaired) electrons. The molecule has 32 heavy (non-hydrogen) atoms. The monoisotopic (exact) mass is 540 g/mol. The third-order valence-corrected chi connectivity index (χ3v) is 5.85. The predicted octanol–water partition coefficient (Wildman–Crippen LogP) is 4.06. The number of benzene rings is 3. The van der Waals surface area contributed by atoms with Crippen LogP contribution in [0.3, 0.4) is 0 Å². The van der Waals surface area contributed by atoms with Crippen LogP contribution in [0.2, 0.25) is 0 Å². The average molecular weight is 540 g/mol. The zero-order valence-electron chi connectivity index (χ0n) is 16.7. The normalized spacial score (nSPS) is 15.9. The molecule has 0 aromatic heterocycles. The van der Waals surface area contributed by atoms with Gasteiger partial charge in [0.25, 0.3) is 11.8 Å². The lowest BCUT2D eigenvalue weighted by Gasteiger charge is -2.13. The van der Waals surface area contributed by atoms with Crippen LogP contribution >= 0.6 is 22.6 Å². The third kappa shape index (κ3) is 4.01. The zero-order chi connectivity index (χ0) is 22.1. The molecule has 7 nitrogen and oxygen atoms in total. The van der Waals surface area contributed by atoms with E-state index in [-0.39, 0.29) is 18.3 Å². The maximum Gasteiger partial charge on any atom is 0.282 e. The summed E-state index contributed by atoms with van der Waals surface area (Å²) in [5, 5.41) is 1.25. The van der Waals surface area contributed by atoms with Gasteiger partial charge in [-0.25, -0.2) is 5.01 Å². The molecule has 1 saturated heterocycles. The molecule has 0 saturated carbocycles. The average Bonchev–Trinajstić information content (AvgIpc) is 3.38. The summed E-state index contributed by atoms with van der Waals surface area (Å²) in [5.74, 6) is 1.33. The van der Waals surface area contributed by atoms with E-state index in [0.29, 0.717) is 23.8 Å². The molecule has 1 N–H and O–H groups in total. The molecular weight excluding hydrogens is 523 g/mol. The van der Waals surface area contributed by atoms with E-state index in [0.717, 1.165) is 20.4 Å². The molecule has 2 aliphatic rings. The summed E-state index contributed by atoms with van der Waals surface area (Å²) in [7, 11) is 0. The molecule has 5 rings (SSSR count). The van der Waals surface area contributed by atoms with Gasteiger partial charge in [0, 0.05) is 0 Å². The first-order chi connectivity index (χ1) is 15.6. The van der Waals surface area contributed by atoms with E-state index in [4.69, 9.17) is 14.2 Å². The Morgan fingerprint density at radius 1 is 1.00 bits per heavy atom. The highest BCUT2D eigenvalue weighted by Crippen LogP contribution is 2.33. The molecule has 2 aliphatic heterocycles. The second-order valence-electron chi connectivity index (χ2n) is 7.14. The number of rotatable bonds is 5. The second-order valence-corrected chi connectivity index (χ2v) is 8.30. The largest absolute Gasteiger partial charge is 0.488 e. The standard InChI is InChI=1S/C24H17IN2O5/c25-19-11-15(10-18-23(28)26-27(24(18)29)17-4-2-1-3-5-17)6-8-20(19)30-13-16-7-9-21-22(12-16)32-14-31-21/h1-12H,13-14H2,(H,26,28)/b18-10-. The van der Waals surface area contributed by atoms with Crippen molar-refractivity contribution in [3.8, 4) is 17.2 Å². The molecule has 2 amide bonds. The lowest BCUT2D eigenvalue weighted by Crippen LogP contribution is -2.35. The predicted molar refractivity (Wildman–Crippen MR) is 126 cm³/mol. The van der Waals surface area contributed by atoms with Gasteiger partial charge in [-0.05, 0) is 76.2 Å². The number of carbonyl (C=O) groups is 2. The quantitative estimate of drug-likeness (QED) is 0.300. The van der Waals surface area contributed by atoms with E-state index in [1.807, 2.05) is 42.5 Å². The molecule has 0 atom stereocenters. The van der Waals surface area contributed by atoms with Gasteiger partial charge < -0.3 is 14.2 Å². The summed E-state index contributed by atoms with van der Waals surface area (Å²) in [6.45, 7) is 0.609. The van der Waals surface area contributed by atoms with Gasteiger partial charge in [-0.3, -0.25) is 15.0 Å². The highest BCUT2D eigenvalue weighted by molar-refractivity contribution is 14.1. The molecule has 0 spiro atoms. The number of ether oxygens (including phenoxy) is 3. The Labute approximate surface area is 197 Å². The van der Waals surface area contributed by atoms with E-state index < -0.39 is 5.91 Å². The van der Waals surface area contributed by atoms with E-state index in [2.05, 4.69) is 28.0 Å². The molecule has 0 aliphatic carbocycles. The Bertz CT molecular complexity index is 1240. The SMILES string of the molecule is O=C1NN(c2ccccc2)C(=O)/C1=C\c1ccc(OCc2ccc3c(c2)OCO3)c(I)c1. The van der Waals surface area contributed by atoms with Crippen LogP contribution in [-0.4, -0.2) is 18.6 Å². The summed E-state index contributed by atoms with van der Waals surface area (Å²) in [6, 6.07) is 20.2. The topological polar surface area (TPSA) is 77.1 Å². The van der Waals surface area contributed by atoms with Crippen LogP contribution in [0.15, 0.2) is 72.3 Å². The third-order valence-electron chi connectivity index (χ3n) is 5.00. The van der Waals surface area contributed by atoms with Crippen molar-refractivity contribution in [1.29, 1.82) is 0 Å². The first-order valence-corrected chi connectivity index (χ1v) is 10.9. The van der Waals surface area contributed by atoms with Crippen LogP contribution in [0, 0.1) is 3.57 Å². The van der Waals surface area contributed by atoms with E-state index in [9.17, 15) is 9.59 Å². The fourth-order valence-electron chi connectivity index (χ4n) is 3.40. The Morgan fingerprint density at radius 3 is 2.62 bits per heavy atom. The number of anilines is 1. The minimum atomic E-state index is -0.433. The lowest BCUT2D eigenvalue weighted by molar-refractivity contribution is -0.117. The van der Waals surface area contributed by atoms with Crippen molar-refractivity contribution in [1.82, 2.24) is 5.43 Å². The fraction of sp³-hybridized carbons (Fsp3) is 0.0833.